The van der Waals surface area contributed by atoms with Gasteiger partial charge in [0.25, 0.3) is 0 Å². The van der Waals surface area contributed by atoms with Gasteiger partial charge in [-0.25, -0.2) is 19.7 Å². The molecular weight excluding hydrogens is 442 g/mol. The summed E-state index contributed by atoms with van der Waals surface area (Å²) in [6.07, 6.45) is 0.237. The van der Waals surface area contributed by atoms with Crippen molar-refractivity contribution >= 4 is 23.0 Å². The normalized spacial score (nSPS) is 24.3. The molecule has 2 aromatic heterocycles. The van der Waals surface area contributed by atoms with Crippen LogP contribution in [0.4, 0.5) is 5.82 Å². The van der Waals surface area contributed by atoms with E-state index in [4.69, 9.17) is 10.5 Å². The second-order valence-electron chi connectivity index (χ2n) is 8.66. The van der Waals surface area contributed by atoms with Gasteiger partial charge in [-0.05, 0) is 0 Å². The Morgan fingerprint density at radius 2 is 1.94 bits per heavy atom. The van der Waals surface area contributed by atoms with Crippen LogP contribution in [0.1, 0.15) is 31.1 Å². The summed E-state index contributed by atoms with van der Waals surface area (Å²) in [5.74, 6) is -0.729. The minimum absolute atomic E-state index is 0.0492. The van der Waals surface area contributed by atoms with Crippen LogP contribution in [0.25, 0.3) is 11.2 Å². The summed E-state index contributed by atoms with van der Waals surface area (Å²) in [5, 5.41) is 32.8. The van der Waals surface area contributed by atoms with Gasteiger partial charge in [0, 0.05) is 24.8 Å². The molecule has 0 unspecified atom stereocenters. The summed E-state index contributed by atoms with van der Waals surface area (Å²) in [5.41, 5.74) is 11.5. The zero-order valence-corrected chi connectivity index (χ0v) is 18.6. The third-order valence-electron chi connectivity index (χ3n) is 6.30. The highest BCUT2D eigenvalue weighted by Gasteiger charge is 2.45. The molecule has 0 spiro atoms. The highest BCUT2D eigenvalue weighted by Crippen LogP contribution is 2.33. The Labute approximate surface area is 195 Å². The molecule has 34 heavy (non-hydrogen) atoms. The molecule has 0 saturated carbocycles. The molecule has 1 fully saturated rings. The molecule has 182 valence electrons. The molecule has 1 aliphatic rings. The average Bonchev–Trinajstić information content (AvgIpc) is 3.38. The maximum atomic E-state index is 11.2. The van der Waals surface area contributed by atoms with E-state index >= 15 is 0 Å². The van der Waals surface area contributed by atoms with Crippen molar-refractivity contribution in [3.05, 3.63) is 48.5 Å². The van der Waals surface area contributed by atoms with Gasteiger partial charge in [-0.1, -0.05) is 30.3 Å². The largest absolute Gasteiger partial charge is 0.477 e. The molecular formula is C22H31N7O5+2. The topological polar surface area (TPSA) is 201 Å². The number of hydrogen-bond donors (Lipinski definition) is 6. The molecule has 12 heteroatoms. The lowest BCUT2D eigenvalue weighted by Crippen LogP contribution is -2.89. The number of ether oxygens (including phenoxy) is 1. The van der Waals surface area contributed by atoms with Crippen molar-refractivity contribution in [2.24, 2.45) is 0 Å². The fraction of sp³-hybridized carbons (Fsp3) is 0.455. The number of aliphatic carboxylic acids is 1. The Kier molecular flexibility index (Phi) is 7.34. The first-order chi connectivity index (χ1) is 16.3. The fourth-order valence-electron chi connectivity index (χ4n) is 4.30. The number of benzene rings is 1. The molecule has 3 heterocycles. The smallest absolute Gasteiger partial charge is 0.362 e. The molecule has 0 bridgehead atoms. The lowest BCUT2D eigenvalue weighted by molar-refractivity contribution is -0.707. The van der Waals surface area contributed by atoms with Crippen LogP contribution in [-0.4, -0.2) is 71.2 Å². The van der Waals surface area contributed by atoms with Gasteiger partial charge in [-0.15, -0.1) is 0 Å². The molecule has 0 radical (unpaired) electrons. The fourth-order valence-corrected chi connectivity index (χ4v) is 4.30. The van der Waals surface area contributed by atoms with Crippen molar-refractivity contribution in [1.29, 1.82) is 0 Å². The number of nitrogen functional groups attached to an aromatic ring is 1. The second-order valence-corrected chi connectivity index (χ2v) is 8.66. The van der Waals surface area contributed by atoms with Crippen LogP contribution in [0, 0.1) is 0 Å². The van der Waals surface area contributed by atoms with Crippen LogP contribution in [-0.2, 0) is 16.1 Å². The van der Waals surface area contributed by atoms with Crippen molar-refractivity contribution in [1.82, 2.24) is 19.5 Å². The molecule has 12 nitrogen and oxygen atoms in total. The minimum atomic E-state index is -1.20. The summed E-state index contributed by atoms with van der Waals surface area (Å²) in [6, 6.07) is 9.15. The molecule has 6 atom stereocenters. The number of aliphatic hydroxyl groups excluding tert-OH is 2. The SMILES string of the molecule is Nc1ncnc2c1ncn2[C@@H]1O[C@H](C[C@@H](CC[C@H]([NH3+])C(=O)O)[NH2+]Cc2ccccc2)[C@@H](O)[C@H]1O. The first kappa shape index (κ1) is 24.0. The summed E-state index contributed by atoms with van der Waals surface area (Å²) < 4.78 is 7.63. The monoisotopic (exact) mass is 473 g/mol. The molecule has 1 saturated heterocycles. The molecule has 4 rings (SSSR count). The summed E-state index contributed by atoms with van der Waals surface area (Å²) in [7, 11) is 0. The van der Waals surface area contributed by atoms with Gasteiger partial charge in [0.1, 0.15) is 30.6 Å². The van der Waals surface area contributed by atoms with Crippen LogP contribution in [0.5, 0.6) is 0 Å². The van der Waals surface area contributed by atoms with E-state index in [1.165, 1.54) is 12.7 Å². The van der Waals surface area contributed by atoms with Crippen molar-refractivity contribution in [3.63, 3.8) is 0 Å². The first-order valence-electron chi connectivity index (χ1n) is 11.2. The maximum Gasteiger partial charge on any atom is 0.362 e. The molecule has 1 aliphatic heterocycles. The van der Waals surface area contributed by atoms with Crippen molar-refractivity contribution in [3.8, 4) is 0 Å². The minimum Gasteiger partial charge on any atom is -0.477 e. The van der Waals surface area contributed by atoms with Gasteiger partial charge < -0.3 is 36.8 Å². The number of nitrogens with zero attached hydrogens (tertiary/aromatic N) is 4. The summed E-state index contributed by atoms with van der Waals surface area (Å²) in [4.78, 5) is 23.5. The van der Waals surface area contributed by atoms with E-state index in [9.17, 15) is 20.1 Å². The Hall–Kier alpha value is -3.16. The number of aromatic nitrogens is 4. The van der Waals surface area contributed by atoms with Crippen LogP contribution < -0.4 is 16.8 Å². The molecule has 1 aromatic carbocycles. The number of carboxylic acid groups (broad SMARTS) is 1. The third-order valence-corrected chi connectivity index (χ3v) is 6.30. The van der Waals surface area contributed by atoms with Crippen LogP contribution >= 0.6 is 0 Å². The van der Waals surface area contributed by atoms with Crippen LogP contribution in [0.3, 0.4) is 0 Å². The number of carboxylic acids is 1. The van der Waals surface area contributed by atoms with Crippen molar-refractivity contribution < 1.29 is 35.9 Å². The van der Waals surface area contributed by atoms with Gasteiger partial charge in [-0.3, -0.25) is 4.57 Å². The quantitative estimate of drug-likeness (QED) is 0.193. The van der Waals surface area contributed by atoms with Gasteiger partial charge in [-0.2, -0.15) is 0 Å². The van der Waals surface area contributed by atoms with Gasteiger partial charge >= 0.3 is 5.97 Å². The standard InChI is InChI=1S/C22H29N7O5/c23-14(22(32)33)7-6-13(25-9-12-4-2-1-3-5-12)8-15-17(30)18(31)21(34-15)29-11-28-16-19(24)26-10-27-20(16)29/h1-5,10-11,13-15,17-18,21,25,30-31H,6-9,23H2,(H,32,33)(H2,24,26,27)/p+2/t13-,14+,15-,17-,18-,21-/m1/s1. The number of rotatable bonds is 10. The van der Waals surface area contributed by atoms with E-state index in [1.54, 1.807) is 4.57 Å². The lowest BCUT2D eigenvalue weighted by atomic mass is 9.97. The van der Waals surface area contributed by atoms with E-state index in [1.807, 2.05) is 30.3 Å². The van der Waals surface area contributed by atoms with E-state index in [0.29, 0.717) is 37.0 Å². The Bertz CT molecular complexity index is 1110. The first-order valence-corrected chi connectivity index (χ1v) is 11.2. The summed E-state index contributed by atoms with van der Waals surface area (Å²) in [6.45, 7) is 0.692. The highest BCUT2D eigenvalue weighted by atomic mass is 16.6. The van der Waals surface area contributed by atoms with Crippen LogP contribution in [0.2, 0.25) is 0 Å². The highest BCUT2D eigenvalue weighted by molar-refractivity contribution is 5.81. The number of nitrogens with two attached hydrogens (primary N) is 2. The average molecular weight is 474 g/mol. The zero-order chi connectivity index (χ0) is 24.2. The number of imidazole rings is 1. The van der Waals surface area contributed by atoms with Crippen LogP contribution in [0.15, 0.2) is 43.0 Å². The zero-order valence-electron chi connectivity index (χ0n) is 18.6. The van der Waals surface area contributed by atoms with E-state index in [0.717, 1.165) is 5.56 Å². The Balaban J connectivity index is 1.48. The van der Waals surface area contributed by atoms with Crippen molar-refractivity contribution in [2.75, 3.05) is 5.73 Å². The maximum absolute atomic E-state index is 11.2. The number of fused-ring (bicyclic) bond motifs is 1. The van der Waals surface area contributed by atoms with E-state index in [-0.39, 0.29) is 11.9 Å². The molecule has 3 aromatic rings. The third kappa shape index (κ3) is 5.16. The van der Waals surface area contributed by atoms with Crippen molar-refractivity contribution in [2.45, 2.75) is 62.4 Å². The number of anilines is 1. The number of carbonyl (C=O) groups is 1. The second kappa shape index (κ2) is 10.4. The number of quaternary nitrogens is 2. The molecule has 0 aliphatic carbocycles. The van der Waals surface area contributed by atoms with Gasteiger partial charge in [0.15, 0.2) is 23.7 Å². The van der Waals surface area contributed by atoms with E-state index in [2.05, 4.69) is 26.0 Å². The number of aliphatic hydroxyl groups is 2. The lowest BCUT2D eigenvalue weighted by Gasteiger charge is -2.21. The van der Waals surface area contributed by atoms with E-state index < -0.39 is 36.6 Å². The Morgan fingerprint density at radius 1 is 1.18 bits per heavy atom. The summed E-state index contributed by atoms with van der Waals surface area (Å²) >= 11 is 0. The van der Waals surface area contributed by atoms with Gasteiger partial charge in [0.2, 0.25) is 0 Å². The van der Waals surface area contributed by atoms with Gasteiger partial charge in [0.05, 0.1) is 18.5 Å². The predicted molar refractivity (Wildman–Crippen MR) is 120 cm³/mol. The molecule has 10 N–H and O–H groups in total. The predicted octanol–water partition coefficient (Wildman–Crippen LogP) is -1.97. The number of hydrogen-bond acceptors (Lipinski definition) is 8. The Morgan fingerprint density at radius 3 is 2.68 bits per heavy atom. The molecule has 0 amide bonds.